The Kier molecular flexibility index (Phi) is 5.38. The SMILES string of the molecule is CCN1CCOC(CNCc2c(Br)c(C)nn2C)C1. The summed E-state index contributed by atoms with van der Waals surface area (Å²) in [5.74, 6) is 0. The molecule has 1 aromatic heterocycles. The Morgan fingerprint density at radius 3 is 2.95 bits per heavy atom. The molecule has 0 aliphatic carbocycles. The van der Waals surface area contributed by atoms with E-state index in [9.17, 15) is 0 Å². The highest BCUT2D eigenvalue weighted by Crippen LogP contribution is 2.19. The number of aromatic nitrogens is 2. The summed E-state index contributed by atoms with van der Waals surface area (Å²) in [5, 5.41) is 7.86. The number of nitrogens with one attached hydrogen (secondary N) is 1. The van der Waals surface area contributed by atoms with Gasteiger partial charge in [0.1, 0.15) is 0 Å². The maximum absolute atomic E-state index is 5.78. The molecule has 0 spiro atoms. The molecule has 0 saturated carbocycles. The van der Waals surface area contributed by atoms with Crippen molar-refractivity contribution < 1.29 is 4.74 Å². The van der Waals surface area contributed by atoms with E-state index in [2.05, 4.69) is 38.2 Å². The van der Waals surface area contributed by atoms with Gasteiger partial charge in [0.25, 0.3) is 0 Å². The molecule has 1 unspecified atom stereocenters. The van der Waals surface area contributed by atoms with Crippen LogP contribution in [0.3, 0.4) is 0 Å². The van der Waals surface area contributed by atoms with Crippen LogP contribution in [-0.2, 0) is 18.3 Å². The number of nitrogens with zero attached hydrogens (tertiary/aromatic N) is 3. The van der Waals surface area contributed by atoms with Crippen molar-refractivity contribution in [3.05, 3.63) is 15.9 Å². The molecule has 108 valence electrons. The minimum Gasteiger partial charge on any atom is -0.374 e. The van der Waals surface area contributed by atoms with Gasteiger partial charge < -0.3 is 10.1 Å². The summed E-state index contributed by atoms with van der Waals surface area (Å²) in [6.07, 6.45) is 0.293. The molecule has 1 aromatic rings. The Labute approximate surface area is 123 Å². The molecule has 1 fully saturated rings. The molecule has 2 rings (SSSR count). The van der Waals surface area contributed by atoms with Gasteiger partial charge in [0.05, 0.1) is 28.6 Å². The van der Waals surface area contributed by atoms with Crippen LogP contribution in [0.4, 0.5) is 0 Å². The Morgan fingerprint density at radius 1 is 1.53 bits per heavy atom. The molecule has 1 atom stereocenters. The maximum Gasteiger partial charge on any atom is 0.0826 e. The standard InChI is InChI=1S/C13H23BrN4O/c1-4-18-5-6-19-11(9-18)7-15-8-12-13(14)10(2)16-17(12)3/h11,15H,4-9H2,1-3H3. The molecule has 0 bridgehead atoms. The van der Waals surface area contributed by atoms with E-state index in [1.165, 1.54) is 5.69 Å². The lowest BCUT2D eigenvalue weighted by Crippen LogP contribution is -2.46. The van der Waals surface area contributed by atoms with Crippen LogP contribution in [0.2, 0.25) is 0 Å². The van der Waals surface area contributed by atoms with E-state index in [0.29, 0.717) is 6.10 Å². The predicted molar refractivity (Wildman–Crippen MR) is 79.2 cm³/mol. The van der Waals surface area contributed by atoms with Crippen LogP contribution in [0.5, 0.6) is 0 Å². The average Bonchev–Trinajstić information content (AvgIpc) is 2.65. The highest BCUT2D eigenvalue weighted by Gasteiger charge is 2.19. The van der Waals surface area contributed by atoms with Crippen molar-refractivity contribution in [1.29, 1.82) is 0 Å². The smallest absolute Gasteiger partial charge is 0.0826 e. The van der Waals surface area contributed by atoms with Gasteiger partial charge in [-0.15, -0.1) is 0 Å². The molecular formula is C13H23BrN4O. The number of aryl methyl sites for hydroxylation is 2. The van der Waals surface area contributed by atoms with Crippen molar-refractivity contribution >= 4 is 15.9 Å². The van der Waals surface area contributed by atoms with Gasteiger partial charge in [0.2, 0.25) is 0 Å². The Morgan fingerprint density at radius 2 is 2.32 bits per heavy atom. The van der Waals surface area contributed by atoms with Gasteiger partial charge in [0.15, 0.2) is 0 Å². The molecule has 1 N–H and O–H groups in total. The highest BCUT2D eigenvalue weighted by molar-refractivity contribution is 9.10. The Bertz CT molecular complexity index is 421. The first-order valence-electron chi connectivity index (χ1n) is 6.84. The summed E-state index contributed by atoms with van der Waals surface area (Å²) in [6.45, 7) is 9.93. The van der Waals surface area contributed by atoms with Gasteiger partial charge in [-0.05, 0) is 29.4 Å². The van der Waals surface area contributed by atoms with E-state index in [4.69, 9.17) is 4.74 Å². The number of rotatable bonds is 5. The van der Waals surface area contributed by atoms with Crippen molar-refractivity contribution in [1.82, 2.24) is 20.0 Å². The average molecular weight is 331 g/mol. The second-order valence-corrected chi connectivity index (χ2v) is 5.78. The number of hydrogen-bond acceptors (Lipinski definition) is 4. The number of morpholine rings is 1. The van der Waals surface area contributed by atoms with Gasteiger partial charge in [-0.25, -0.2) is 0 Å². The predicted octanol–water partition coefficient (Wildman–Crippen LogP) is 1.30. The van der Waals surface area contributed by atoms with E-state index in [-0.39, 0.29) is 0 Å². The number of ether oxygens (including phenoxy) is 1. The summed E-state index contributed by atoms with van der Waals surface area (Å²) in [5.41, 5.74) is 2.21. The van der Waals surface area contributed by atoms with Crippen LogP contribution in [0, 0.1) is 6.92 Å². The lowest BCUT2D eigenvalue weighted by Gasteiger charge is -2.32. The van der Waals surface area contributed by atoms with Crippen LogP contribution in [0.25, 0.3) is 0 Å². The zero-order valence-electron chi connectivity index (χ0n) is 11.9. The fourth-order valence-corrected chi connectivity index (χ4v) is 2.89. The van der Waals surface area contributed by atoms with Crippen molar-refractivity contribution in [3.63, 3.8) is 0 Å². The van der Waals surface area contributed by atoms with Crippen LogP contribution >= 0.6 is 15.9 Å². The quantitative estimate of drug-likeness (QED) is 0.883. The van der Waals surface area contributed by atoms with Crippen molar-refractivity contribution in [2.24, 2.45) is 7.05 Å². The topological polar surface area (TPSA) is 42.3 Å². The first-order valence-corrected chi connectivity index (χ1v) is 7.63. The second kappa shape index (κ2) is 6.83. The minimum atomic E-state index is 0.293. The lowest BCUT2D eigenvalue weighted by molar-refractivity contribution is -0.0254. The van der Waals surface area contributed by atoms with Gasteiger partial charge in [-0.1, -0.05) is 6.92 Å². The molecule has 0 aromatic carbocycles. The molecule has 2 heterocycles. The first-order chi connectivity index (χ1) is 9.11. The van der Waals surface area contributed by atoms with E-state index < -0.39 is 0 Å². The summed E-state index contributed by atoms with van der Waals surface area (Å²) in [4.78, 5) is 2.43. The summed E-state index contributed by atoms with van der Waals surface area (Å²) in [6, 6.07) is 0. The van der Waals surface area contributed by atoms with Crippen molar-refractivity contribution in [2.75, 3.05) is 32.8 Å². The number of hydrogen-bond donors (Lipinski definition) is 1. The molecule has 0 amide bonds. The van der Waals surface area contributed by atoms with Crippen LogP contribution < -0.4 is 5.32 Å². The van der Waals surface area contributed by atoms with E-state index >= 15 is 0 Å². The number of halogens is 1. The fraction of sp³-hybridized carbons (Fsp3) is 0.769. The zero-order chi connectivity index (χ0) is 13.8. The van der Waals surface area contributed by atoms with Crippen LogP contribution in [0.15, 0.2) is 4.47 Å². The van der Waals surface area contributed by atoms with Crippen LogP contribution in [-0.4, -0.2) is 53.6 Å². The van der Waals surface area contributed by atoms with Crippen molar-refractivity contribution in [2.45, 2.75) is 26.5 Å². The molecule has 1 saturated heterocycles. The Hall–Kier alpha value is -0.430. The zero-order valence-corrected chi connectivity index (χ0v) is 13.5. The van der Waals surface area contributed by atoms with E-state index in [1.54, 1.807) is 0 Å². The molecule has 1 aliphatic heterocycles. The second-order valence-electron chi connectivity index (χ2n) is 4.99. The largest absolute Gasteiger partial charge is 0.374 e. The molecule has 0 radical (unpaired) electrons. The minimum absolute atomic E-state index is 0.293. The Balaban J connectivity index is 1.80. The molecule has 19 heavy (non-hydrogen) atoms. The monoisotopic (exact) mass is 330 g/mol. The van der Waals surface area contributed by atoms with Gasteiger partial charge >= 0.3 is 0 Å². The molecule has 1 aliphatic rings. The maximum atomic E-state index is 5.78. The molecule has 5 nitrogen and oxygen atoms in total. The molecular weight excluding hydrogens is 308 g/mol. The normalized spacial score (nSPS) is 20.9. The van der Waals surface area contributed by atoms with E-state index in [1.807, 2.05) is 18.7 Å². The number of likely N-dealkylation sites (N-methyl/N-ethyl adjacent to an activating group) is 1. The van der Waals surface area contributed by atoms with Gasteiger partial charge in [-0.3, -0.25) is 9.58 Å². The van der Waals surface area contributed by atoms with Crippen LogP contribution in [0.1, 0.15) is 18.3 Å². The molecule has 6 heteroatoms. The summed E-state index contributed by atoms with van der Waals surface area (Å²) >= 11 is 3.59. The third-order valence-electron chi connectivity index (χ3n) is 3.60. The third kappa shape index (κ3) is 3.78. The summed E-state index contributed by atoms with van der Waals surface area (Å²) in [7, 11) is 1.98. The fourth-order valence-electron chi connectivity index (χ4n) is 2.41. The highest BCUT2D eigenvalue weighted by atomic mass is 79.9. The van der Waals surface area contributed by atoms with Crippen molar-refractivity contribution in [3.8, 4) is 0 Å². The first kappa shape index (κ1) is 15.0. The summed E-state index contributed by atoms with van der Waals surface area (Å²) < 4.78 is 8.80. The van der Waals surface area contributed by atoms with E-state index in [0.717, 1.165) is 49.5 Å². The van der Waals surface area contributed by atoms with Gasteiger partial charge in [-0.2, -0.15) is 5.10 Å². The van der Waals surface area contributed by atoms with Gasteiger partial charge in [0, 0.05) is 33.2 Å². The lowest BCUT2D eigenvalue weighted by atomic mass is 10.2. The third-order valence-corrected chi connectivity index (χ3v) is 4.63.